The Morgan fingerprint density at radius 2 is 2.32 bits per heavy atom. The van der Waals surface area contributed by atoms with E-state index in [0.29, 0.717) is 18.7 Å². The highest BCUT2D eigenvalue weighted by molar-refractivity contribution is 7.89. The molecule has 1 aliphatic heterocycles. The highest BCUT2D eigenvalue weighted by Gasteiger charge is 2.19. The van der Waals surface area contributed by atoms with E-state index in [0.717, 1.165) is 19.4 Å². The maximum Gasteiger partial charge on any atom is 0.258 e. The molecular weight excluding hydrogens is 268 g/mol. The van der Waals surface area contributed by atoms with E-state index in [4.69, 9.17) is 9.84 Å². The van der Waals surface area contributed by atoms with Crippen LogP contribution in [-0.2, 0) is 21.4 Å². The van der Waals surface area contributed by atoms with E-state index in [1.165, 1.54) is 12.3 Å². The molecule has 1 saturated heterocycles. The number of nitrogens with zero attached hydrogens (tertiary/aromatic N) is 1. The van der Waals surface area contributed by atoms with E-state index in [1.807, 2.05) is 0 Å². The molecule has 1 aromatic heterocycles. The Morgan fingerprint density at radius 3 is 2.89 bits per heavy atom. The molecule has 0 radical (unpaired) electrons. The SMILES string of the molecule is O=S(=O)(NCC1CCCOC1)c1ccc(CO)cn1. The predicted octanol–water partition coefficient (Wildman–Crippen LogP) is 0.279. The Bertz CT molecular complexity index is 495. The number of sulfonamides is 1. The van der Waals surface area contributed by atoms with Crippen LogP contribution in [0, 0.1) is 5.92 Å². The molecule has 2 heterocycles. The van der Waals surface area contributed by atoms with Crippen molar-refractivity contribution in [2.24, 2.45) is 5.92 Å². The van der Waals surface area contributed by atoms with E-state index in [-0.39, 0.29) is 17.6 Å². The summed E-state index contributed by atoms with van der Waals surface area (Å²) in [6.07, 6.45) is 3.30. The standard InChI is InChI=1S/C12H18N2O4S/c15-8-10-3-4-12(13-6-10)19(16,17)14-7-11-2-1-5-18-9-11/h3-4,6,11,14-15H,1-2,5,7-9H2. The summed E-state index contributed by atoms with van der Waals surface area (Å²) >= 11 is 0. The lowest BCUT2D eigenvalue weighted by atomic mass is 10.0. The van der Waals surface area contributed by atoms with E-state index < -0.39 is 10.0 Å². The summed E-state index contributed by atoms with van der Waals surface area (Å²) in [6, 6.07) is 2.94. The summed E-state index contributed by atoms with van der Waals surface area (Å²) in [7, 11) is -3.58. The predicted molar refractivity (Wildman–Crippen MR) is 68.9 cm³/mol. The van der Waals surface area contributed by atoms with Crippen molar-refractivity contribution in [1.82, 2.24) is 9.71 Å². The fourth-order valence-electron chi connectivity index (χ4n) is 1.93. The molecule has 0 aliphatic carbocycles. The monoisotopic (exact) mass is 286 g/mol. The van der Waals surface area contributed by atoms with Crippen LogP contribution < -0.4 is 4.72 Å². The number of hydrogen-bond acceptors (Lipinski definition) is 5. The van der Waals surface area contributed by atoms with Gasteiger partial charge in [-0.2, -0.15) is 0 Å². The largest absolute Gasteiger partial charge is 0.392 e. The van der Waals surface area contributed by atoms with Gasteiger partial charge in [0, 0.05) is 19.3 Å². The van der Waals surface area contributed by atoms with Gasteiger partial charge in [0.1, 0.15) is 0 Å². The number of hydrogen-bond donors (Lipinski definition) is 2. The van der Waals surface area contributed by atoms with Gasteiger partial charge in [0.15, 0.2) is 5.03 Å². The van der Waals surface area contributed by atoms with Gasteiger partial charge in [-0.25, -0.2) is 18.1 Å². The topological polar surface area (TPSA) is 88.5 Å². The number of ether oxygens (including phenoxy) is 1. The van der Waals surface area contributed by atoms with Crippen LogP contribution in [0.15, 0.2) is 23.4 Å². The first-order chi connectivity index (χ1) is 9.12. The smallest absolute Gasteiger partial charge is 0.258 e. The highest BCUT2D eigenvalue weighted by Crippen LogP contribution is 2.13. The number of aromatic nitrogens is 1. The first-order valence-electron chi connectivity index (χ1n) is 6.25. The molecule has 2 rings (SSSR count). The molecule has 1 unspecified atom stereocenters. The Morgan fingerprint density at radius 1 is 1.47 bits per heavy atom. The van der Waals surface area contributed by atoms with E-state index >= 15 is 0 Å². The molecule has 0 saturated carbocycles. The van der Waals surface area contributed by atoms with Gasteiger partial charge in [-0.3, -0.25) is 0 Å². The lowest BCUT2D eigenvalue weighted by Gasteiger charge is -2.22. The summed E-state index contributed by atoms with van der Waals surface area (Å²) in [5.74, 6) is 0.222. The maximum atomic E-state index is 12.0. The minimum Gasteiger partial charge on any atom is -0.392 e. The molecular formula is C12H18N2O4S. The Balaban J connectivity index is 1.96. The van der Waals surface area contributed by atoms with Crippen LogP contribution in [0.1, 0.15) is 18.4 Å². The van der Waals surface area contributed by atoms with Crippen molar-refractivity contribution in [3.05, 3.63) is 23.9 Å². The molecule has 2 N–H and O–H groups in total. The minimum absolute atomic E-state index is 0.0265. The van der Waals surface area contributed by atoms with Crippen molar-refractivity contribution in [1.29, 1.82) is 0 Å². The fourth-order valence-corrected chi connectivity index (χ4v) is 2.97. The van der Waals surface area contributed by atoms with Gasteiger partial charge in [-0.1, -0.05) is 6.07 Å². The third-order valence-corrected chi connectivity index (χ3v) is 4.41. The van der Waals surface area contributed by atoms with Crippen LogP contribution in [0.4, 0.5) is 0 Å². The van der Waals surface area contributed by atoms with Gasteiger partial charge >= 0.3 is 0 Å². The Kier molecular flexibility index (Phi) is 4.87. The second kappa shape index (κ2) is 6.42. The molecule has 0 aromatic carbocycles. The zero-order valence-electron chi connectivity index (χ0n) is 10.6. The molecule has 19 heavy (non-hydrogen) atoms. The first-order valence-corrected chi connectivity index (χ1v) is 7.73. The summed E-state index contributed by atoms with van der Waals surface area (Å²) in [5, 5.41) is 8.86. The summed E-state index contributed by atoms with van der Waals surface area (Å²) < 4.78 is 31.8. The number of rotatable bonds is 5. The zero-order chi connectivity index (χ0) is 13.7. The van der Waals surface area contributed by atoms with Crippen LogP contribution in [-0.4, -0.2) is 38.3 Å². The second-order valence-electron chi connectivity index (χ2n) is 4.60. The number of aliphatic hydroxyl groups excluding tert-OH is 1. The van der Waals surface area contributed by atoms with E-state index in [9.17, 15) is 8.42 Å². The van der Waals surface area contributed by atoms with Gasteiger partial charge in [-0.15, -0.1) is 0 Å². The molecule has 1 aromatic rings. The summed E-state index contributed by atoms with van der Waals surface area (Å²) in [4.78, 5) is 3.84. The Labute approximate surface area is 112 Å². The fraction of sp³-hybridized carbons (Fsp3) is 0.583. The summed E-state index contributed by atoms with van der Waals surface area (Å²) in [5.41, 5.74) is 0.583. The van der Waals surface area contributed by atoms with Crippen LogP contribution in [0.3, 0.4) is 0 Å². The third-order valence-electron chi connectivity index (χ3n) is 3.07. The van der Waals surface area contributed by atoms with Crippen molar-refractivity contribution in [2.45, 2.75) is 24.5 Å². The molecule has 1 fully saturated rings. The number of pyridine rings is 1. The van der Waals surface area contributed by atoms with Crippen LogP contribution in [0.2, 0.25) is 0 Å². The first kappa shape index (κ1) is 14.4. The number of aliphatic hydroxyl groups is 1. The van der Waals surface area contributed by atoms with Crippen molar-refractivity contribution < 1.29 is 18.3 Å². The zero-order valence-corrected chi connectivity index (χ0v) is 11.4. The number of nitrogens with one attached hydrogen (secondary N) is 1. The Hall–Kier alpha value is -1.02. The molecule has 7 heteroatoms. The molecule has 6 nitrogen and oxygen atoms in total. The minimum atomic E-state index is -3.58. The van der Waals surface area contributed by atoms with Gasteiger partial charge in [0.2, 0.25) is 0 Å². The van der Waals surface area contributed by atoms with E-state index in [2.05, 4.69) is 9.71 Å². The molecule has 1 aliphatic rings. The van der Waals surface area contributed by atoms with Crippen molar-refractivity contribution >= 4 is 10.0 Å². The van der Waals surface area contributed by atoms with Crippen LogP contribution in [0.25, 0.3) is 0 Å². The lowest BCUT2D eigenvalue weighted by Crippen LogP contribution is -2.33. The average molecular weight is 286 g/mol. The maximum absolute atomic E-state index is 12.0. The normalized spacial score (nSPS) is 20.4. The quantitative estimate of drug-likeness (QED) is 0.811. The average Bonchev–Trinajstić information content (AvgIpc) is 2.46. The lowest BCUT2D eigenvalue weighted by molar-refractivity contribution is 0.0568. The third kappa shape index (κ3) is 3.97. The second-order valence-corrected chi connectivity index (χ2v) is 6.31. The highest BCUT2D eigenvalue weighted by atomic mass is 32.2. The van der Waals surface area contributed by atoms with E-state index in [1.54, 1.807) is 6.07 Å². The molecule has 0 bridgehead atoms. The van der Waals surface area contributed by atoms with Gasteiger partial charge in [0.25, 0.3) is 10.0 Å². The summed E-state index contributed by atoms with van der Waals surface area (Å²) in [6.45, 7) is 1.57. The molecule has 0 amide bonds. The van der Waals surface area contributed by atoms with Crippen LogP contribution >= 0.6 is 0 Å². The van der Waals surface area contributed by atoms with Gasteiger partial charge < -0.3 is 9.84 Å². The van der Waals surface area contributed by atoms with Crippen LogP contribution in [0.5, 0.6) is 0 Å². The van der Waals surface area contributed by atoms with Gasteiger partial charge in [0.05, 0.1) is 13.2 Å². The van der Waals surface area contributed by atoms with Crippen molar-refractivity contribution in [2.75, 3.05) is 19.8 Å². The van der Waals surface area contributed by atoms with Crippen molar-refractivity contribution in [3.8, 4) is 0 Å². The molecule has 1 atom stereocenters. The molecule has 106 valence electrons. The molecule has 0 spiro atoms. The van der Waals surface area contributed by atoms with Crippen molar-refractivity contribution in [3.63, 3.8) is 0 Å². The van der Waals surface area contributed by atoms with Gasteiger partial charge in [-0.05, 0) is 30.4 Å².